The number of hydrogen-bond acceptors (Lipinski definition) is 2. The molecule has 0 saturated carbocycles. The van der Waals surface area contributed by atoms with Crippen LogP contribution >= 0.6 is 11.8 Å². The first kappa shape index (κ1) is 10.2. The Balaban J connectivity index is 2.85. The van der Waals surface area contributed by atoms with E-state index >= 15 is 0 Å². The van der Waals surface area contributed by atoms with Gasteiger partial charge in [-0.15, -0.1) is 11.8 Å². The van der Waals surface area contributed by atoms with Crippen molar-refractivity contribution in [2.24, 2.45) is 0 Å². The summed E-state index contributed by atoms with van der Waals surface area (Å²) in [4.78, 5) is 2.19. The highest BCUT2D eigenvalue weighted by molar-refractivity contribution is 8.02. The van der Waals surface area contributed by atoms with Crippen molar-refractivity contribution in [3.8, 4) is 0 Å². The van der Waals surface area contributed by atoms with Crippen LogP contribution in [0.15, 0.2) is 41.4 Å². The molecule has 70 valence electrons. The molecule has 0 bridgehead atoms. The molecule has 0 fully saturated rings. The number of hydrogen-bond donors (Lipinski definition) is 0. The number of benzene rings is 1. The van der Waals surface area contributed by atoms with E-state index < -0.39 is 0 Å². The van der Waals surface area contributed by atoms with Crippen LogP contribution in [0, 0.1) is 0 Å². The van der Waals surface area contributed by atoms with Crippen LogP contribution in [0.25, 0.3) is 0 Å². The van der Waals surface area contributed by atoms with E-state index in [4.69, 9.17) is 0 Å². The quantitative estimate of drug-likeness (QED) is 0.724. The number of rotatable bonds is 3. The van der Waals surface area contributed by atoms with Crippen LogP contribution in [0.1, 0.15) is 6.92 Å². The monoisotopic (exact) mass is 193 g/mol. The van der Waals surface area contributed by atoms with Gasteiger partial charge in [-0.05, 0) is 25.3 Å². The molecule has 0 heterocycles. The van der Waals surface area contributed by atoms with E-state index in [-0.39, 0.29) is 0 Å². The fourth-order valence-electron chi connectivity index (χ4n) is 1.23. The minimum Gasteiger partial charge on any atom is -0.340 e. The van der Waals surface area contributed by atoms with Crippen molar-refractivity contribution in [1.82, 2.24) is 0 Å². The molecular formula is C11H15NS. The highest BCUT2D eigenvalue weighted by Gasteiger charge is 2.02. The zero-order valence-corrected chi connectivity index (χ0v) is 9.14. The fourth-order valence-corrected chi connectivity index (χ4v) is 1.84. The van der Waals surface area contributed by atoms with Gasteiger partial charge in [-0.25, -0.2) is 0 Å². The second-order valence-corrected chi connectivity index (χ2v) is 3.55. The third-order valence-electron chi connectivity index (χ3n) is 1.93. The Morgan fingerprint density at radius 2 is 1.92 bits per heavy atom. The molecule has 0 N–H and O–H groups in total. The molecule has 13 heavy (non-hydrogen) atoms. The van der Waals surface area contributed by atoms with Crippen LogP contribution in [0.2, 0.25) is 0 Å². The molecule has 0 atom stereocenters. The maximum Gasteiger partial charge on any atom is 0.0703 e. The zero-order chi connectivity index (χ0) is 9.68. The van der Waals surface area contributed by atoms with Crippen molar-refractivity contribution in [2.75, 3.05) is 18.2 Å². The van der Waals surface area contributed by atoms with Crippen LogP contribution < -0.4 is 4.90 Å². The smallest absolute Gasteiger partial charge is 0.0703 e. The van der Waals surface area contributed by atoms with Gasteiger partial charge in [0, 0.05) is 12.7 Å². The summed E-state index contributed by atoms with van der Waals surface area (Å²) in [5.41, 5.74) is 1.23. The first-order valence-corrected chi connectivity index (χ1v) is 5.51. The molecule has 1 aromatic rings. The first-order chi connectivity index (χ1) is 6.29. The lowest BCUT2D eigenvalue weighted by Crippen LogP contribution is -2.13. The van der Waals surface area contributed by atoms with E-state index in [9.17, 15) is 0 Å². The van der Waals surface area contributed by atoms with Gasteiger partial charge in [0.15, 0.2) is 0 Å². The molecule has 1 aromatic carbocycles. The van der Waals surface area contributed by atoms with Crippen LogP contribution in [0.5, 0.6) is 0 Å². The minimum atomic E-state index is 1.23. The molecule has 0 aliphatic heterocycles. The predicted molar refractivity (Wildman–Crippen MR) is 62.1 cm³/mol. The molecule has 0 amide bonds. The molecule has 2 heteroatoms. The van der Waals surface area contributed by atoms with Gasteiger partial charge < -0.3 is 4.90 Å². The Labute approximate surface area is 84.4 Å². The number of nitrogens with zero attached hydrogens (tertiary/aromatic N) is 1. The second kappa shape index (κ2) is 4.97. The van der Waals surface area contributed by atoms with Crippen molar-refractivity contribution in [3.05, 3.63) is 41.4 Å². The van der Waals surface area contributed by atoms with Gasteiger partial charge in [0.2, 0.25) is 0 Å². The van der Waals surface area contributed by atoms with E-state index in [1.165, 1.54) is 10.7 Å². The molecule has 0 saturated heterocycles. The van der Waals surface area contributed by atoms with E-state index in [1.807, 2.05) is 6.07 Å². The summed E-state index contributed by atoms with van der Waals surface area (Å²) in [6.45, 7) is 2.06. The number of para-hydroxylation sites is 1. The molecule has 0 spiro atoms. The van der Waals surface area contributed by atoms with Gasteiger partial charge in [-0.3, -0.25) is 0 Å². The second-order valence-electron chi connectivity index (χ2n) is 2.73. The van der Waals surface area contributed by atoms with Crippen LogP contribution in [-0.4, -0.2) is 13.3 Å². The van der Waals surface area contributed by atoms with E-state index in [1.54, 1.807) is 11.8 Å². The van der Waals surface area contributed by atoms with E-state index in [2.05, 4.69) is 55.5 Å². The molecule has 0 aromatic heterocycles. The lowest BCUT2D eigenvalue weighted by atomic mass is 10.3. The van der Waals surface area contributed by atoms with Crippen molar-refractivity contribution < 1.29 is 0 Å². The van der Waals surface area contributed by atoms with Gasteiger partial charge >= 0.3 is 0 Å². The number of allylic oxidation sites excluding steroid dienone is 1. The van der Waals surface area contributed by atoms with Crippen molar-refractivity contribution in [1.29, 1.82) is 0 Å². The summed E-state index contributed by atoms with van der Waals surface area (Å²) in [6, 6.07) is 10.4. The topological polar surface area (TPSA) is 3.24 Å². The third kappa shape index (κ3) is 2.52. The molecular weight excluding hydrogens is 178 g/mol. The van der Waals surface area contributed by atoms with Crippen LogP contribution in [0.3, 0.4) is 0 Å². The summed E-state index contributed by atoms with van der Waals surface area (Å²) in [6.07, 6.45) is 4.21. The molecule has 1 nitrogen and oxygen atoms in total. The maximum absolute atomic E-state index is 2.19. The summed E-state index contributed by atoms with van der Waals surface area (Å²) >= 11 is 1.76. The normalized spacial score (nSPS) is 11.5. The number of anilines is 1. The van der Waals surface area contributed by atoms with Gasteiger partial charge in [0.05, 0.1) is 5.03 Å². The summed E-state index contributed by atoms with van der Waals surface area (Å²) in [5, 5.41) is 1.27. The van der Waals surface area contributed by atoms with Crippen LogP contribution in [0.4, 0.5) is 5.69 Å². The predicted octanol–water partition coefficient (Wildman–Crippen LogP) is 3.35. The molecule has 0 aliphatic carbocycles. The average molecular weight is 193 g/mol. The van der Waals surface area contributed by atoms with E-state index in [0.29, 0.717) is 0 Å². The molecule has 0 aliphatic rings. The average Bonchev–Trinajstić information content (AvgIpc) is 2.21. The van der Waals surface area contributed by atoms with Gasteiger partial charge in [0.25, 0.3) is 0 Å². The Morgan fingerprint density at radius 1 is 1.31 bits per heavy atom. The lowest BCUT2D eigenvalue weighted by Gasteiger charge is -2.20. The Hall–Kier alpha value is -0.890. The zero-order valence-electron chi connectivity index (χ0n) is 8.32. The standard InChI is InChI=1S/C11H15NS/c1-4-11(13-3)12(2)10-8-6-5-7-9-10/h4-9H,1-3H3. The Bertz CT molecular complexity index is 279. The SMILES string of the molecule is CC=C(SC)N(C)c1ccccc1. The van der Waals surface area contributed by atoms with Gasteiger partial charge in [-0.2, -0.15) is 0 Å². The van der Waals surface area contributed by atoms with Gasteiger partial charge in [0.1, 0.15) is 0 Å². The maximum atomic E-state index is 2.19. The Kier molecular flexibility index (Phi) is 3.90. The third-order valence-corrected chi connectivity index (χ3v) is 2.86. The lowest BCUT2D eigenvalue weighted by molar-refractivity contribution is 1.18. The van der Waals surface area contributed by atoms with Crippen LogP contribution in [-0.2, 0) is 0 Å². The molecule has 0 radical (unpaired) electrons. The van der Waals surface area contributed by atoms with Crippen molar-refractivity contribution in [2.45, 2.75) is 6.92 Å². The molecule has 1 rings (SSSR count). The fraction of sp³-hybridized carbons (Fsp3) is 0.273. The van der Waals surface area contributed by atoms with E-state index in [0.717, 1.165) is 0 Å². The largest absolute Gasteiger partial charge is 0.340 e. The van der Waals surface area contributed by atoms with Crippen molar-refractivity contribution in [3.63, 3.8) is 0 Å². The van der Waals surface area contributed by atoms with Gasteiger partial charge in [-0.1, -0.05) is 24.3 Å². The minimum absolute atomic E-state index is 1.23. The van der Waals surface area contributed by atoms with Crippen molar-refractivity contribution >= 4 is 17.4 Å². The summed E-state index contributed by atoms with van der Waals surface area (Å²) in [7, 11) is 2.08. The number of thioether (sulfide) groups is 1. The highest BCUT2D eigenvalue weighted by Crippen LogP contribution is 2.22. The summed E-state index contributed by atoms with van der Waals surface area (Å²) in [5.74, 6) is 0. The highest BCUT2D eigenvalue weighted by atomic mass is 32.2. The summed E-state index contributed by atoms with van der Waals surface area (Å²) < 4.78 is 0. The Morgan fingerprint density at radius 3 is 2.38 bits per heavy atom. The first-order valence-electron chi connectivity index (χ1n) is 4.28. The molecule has 0 unspecified atom stereocenters.